The molecule has 10 heteroatoms. The van der Waals surface area contributed by atoms with Crippen molar-refractivity contribution < 1.29 is 18.3 Å². The van der Waals surface area contributed by atoms with E-state index in [1.807, 2.05) is 0 Å². The highest BCUT2D eigenvalue weighted by molar-refractivity contribution is 7.89. The molecule has 2 heterocycles. The predicted molar refractivity (Wildman–Crippen MR) is 103 cm³/mol. The lowest BCUT2D eigenvalue weighted by Gasteiger charge is -2.27. The zero-order chi connectivity index (χ0) is 19.8. The summed E-state index contributed by atoms with van der Waals surface area (Å²) in [6.45, 7) is 0. The van der Waals surface area contributed by atoms with Crippen LogP contribution in [0.3, 0.4) is 0 Å². The van der Waals surface area contributed by atoms with Gasteiger partial charge >= 0.3 is 5.97 Å². The van der Waals surface area contributed by atoms with Crippen molar-refractivity contribution in [2.24, 2.45) is 7.05 Å². The van der Waals surface area contributed by atoms with Crippen LogP contribution in [0.1, 0.15) is 27.1 Å². The van der Waals surface area contributed by atoms with Gasteiger partial charge in [-0.15, -0.1) is 11.3 Å². The summed E-state index contributed by atoms with van der Waals surface area (Å²) in [5.41, 5.74) is 0.659. The van der Waals surface area contributed by atoms with E-state index in [4.69, 9.17) is 11.6 Å². The number of aromatic nitrogens is 2. The zero-order valence-electron chi connectivity index (χ0n) is 14.4. The van der Waals surface area contributed by atoms with Crippen molar-refractivity contribution in [3.63, 3.8) is 0 Å². The number of halogens is 1. The molecule has 0 aliphatic heterocycles. The summed E-state index contributed by atoms with van der Waals surface area (Å²) in [4.78, 5) is 15.2. The van der Waals surface area contributed by atoms with Crippen LogP contribution in [0.4, 0.5) is 0 Å². The fraction of sp³-hybridized carbons (Fsp3) is 0.176. The van der Waals surface area contributed by atoms with Gasteiger partial charge in [-0.2, -0.15) is 4.31 Å². The number of hydrogen-bond donors (Lipinski definition) is 1. The van der Waals surface area contributed by atoms with Crippen molar-refractivity contribution in [3.05, 3.63) is 69.4 Å². The molecule has 0 radical (unpaired) electrons. The molecule has 27 heavy (non-hydrogen) atoms. The standard InChI is InChI=1S/C17H16ClN3O4S2/c1-20-9-8-19-16(20)14(11-3-5-12(18)6-4-11)21(2)27(24,25)13-7-10-26-15(13)17(22)23/h3-10,14H,1-2H3,(H,22,23)/t14-/m0/s1. The van der Waals surface area contributed by atoms with Gasteiger partial charge in [-0.05, 0) is 29.1 Å². The molecule has 3 aromatic rings. The van der Waals surface area contributed by atoms with Crippen molar-refractivity contribution in [1.82, 2.24) is 13.9 Å². The summed E-state index contributed by atoms with van der Waals surface area (Å²) in [6.07, 6.45) is 3.29. The zero-order valence-corrected chi connectivity index (χ0v) is 16.8. The number of carboxylic acids is 1. The van der Waals surface area contributed by atoms with E-state index >= 15 is 0 Å². The lowest BCUT2D eigenvalue weighted by molar-refractivity contribution is 0.0698. The van der Waals surface area contributed by atoms with E-state index in [-0.39, 0.29) is 9.77 Å². The first-order valence-corrected chi connectivity index (χ1v) is 10.4. The number of sulfonamides is 1. The number of benzene rings is 1. The molecule has 0 fully saturated rings. The minimum atomic E-state index is -4.10. The number of nitrogens with zero attached hydrogens (tertiary/aromatic N) is 3. The Labute approximate surface area is 165 Å². The average molecular weight is 426 g/mol. The van der Waals surface area contributed by atoms with Gasteiger partial charge in [0.2, 0.25) is 10.0 Å². The topological polar surface area (TPSA) is 92.5 Å². The molecule has 0 spiro atoms. The van der Waals surface area contributed by atoms with Gasteiger partial charge in [-0.25, -0.2) is 18.2 Å². The van der Waals surface area contributed by atoms with Gasteiger partial charge in [0, 0.05) is 31.5 Å². The number of carboxylic acid groups (broad SMARTS) is 1. The molecule has 1 aromatic carbocycles. The smallest absolute Gasteiger partial charge is 0.347 e. The van der Waals surface area contributed by atoms with E-state index in [1.54, 1.807) is 48.3 Å². The van der Waals surface area contributed by atoms with Crippen LogP contribution in [0.25, 0.3) is 0 Å². The van der Waals surface area contributed by atoms with Gasteiger partial charge in [-0.3, -0.25) is 0 Å². The van der Waals surface area contributed by atoms with Crippen LogP contribution < -0.4 is 0 Å². The second kappa shape index (κ2) is 7.43. The van der Waals surface area contributed by atoms with Crippen LogP contribution in [0.5, 0.6) is 0 Å². The second-order valence-corrected chi connectivity index (χ2v) is 9.11. The van der Waals surface area contributed by atoms with Crippen LogP contribution in [0.2, 0.25) is 5.02 Å². The quantitative estimate of drug-likeness (QED) is 0.654. The molecular formula is C17H16ClN3O4S2. The van der Waals surface area contributed by atoms with Crippen LogP contribution in [0, 0.1) is 0 Å². The van der Waals surface area contributed by atoms with Crippen molar-refractivity contribution in [2.45, 2.75) is 10.9 Å². The Balaban J connectivity index is 2.14. The predicted octanol–water partition coefficient (Wildman–Crippen LogP) is 3.24. The average Bonchev–Trinajstić information content (AvgIpc) is 3.27. The molecule has 2 aromatic heterocycles. The minimum absolute atomic E-state index is 0.225. The molecule has 0 bridgehead atoms. The van der Waals surface area contributed by atoms with E-state index in [9.17, 15) is 18.3 Å². The summed E-state index contributed by atoms with van der Waals surface area (Å²) in [7, 11) is -0.923. The van der Waals surface area contributed by atoms with Gasteiger partial charge < -0.3 is 9.67 Å². The summed E-state index contributed by atoms with van der Waals surface area (Å²) >= 11 is 6.83. The normalized spacial score (nSPS) is 13.0. The van der Waals surface area contributed by atoms with Crippen LogP contribution in [0.15, 0.2) is 53.0 Å². The highest BCUT2D eigenvalue weighted by Crippen LogP contribution is 2.34. The lowest BCUT2D eigenvalue weighted by atomic mass is 10.1. The third-order valence-corrected chi connectivity index (χ3v) is 7.28. The second-order valence-electron chi connectivity index (χ2n) is 5.79. The summed E-state index contributed by atoms with van der Waals surface area (Å²) < 4.78 is 29.3. The van der Waals surface area contributed by atoms with E-state index in [1.165, 1.54) is 18.5 Å². The minimum Gasteiger partial charge on any atom is -0.477 e. The highest BCUT2D eigenvalue weighted by Gasteiger charge is 2.35. The number of hydrogen-bond acceptors (Lipinski definition) is 5. The molecular weight excluding hydrogens is 410 g/mol. The maximum Gasteiger partial charge on any atom is 0.347 e. The first kappa shape index (κ1) is 19.6. The third kappa shape index (κ3) is 3.63. The molecule has 0 unspecified atom stereocenters. The SMILES string of the molecule is CN([C@@H](c1ccc(Cl)cc1)c1nccn1C)S(=O)(=O)c1ccsc1C(=O)O. The summed E-state index contributed by atoms with van der Waals surface area (Å²) in [6, 6.07) is 7.32. The van der Waals surface area contributed by atoms with Crippen molar-refractivity contribution in [1.29, 1.82) is 0 Å². The van der Waals surface area contributed by atoms with Gasteiger partial charge in [-0.1, -0.05) is 23.7 Å². The number of rotatable bonds is 6. The van der Waals surface area contributed by atoms with E-state index in [0.29, 0.717) is 16.4 Å². The Morgan fingerprint density at radius 3 is 2.52 bits per heavy atom. The van der Waals surface area contributed by atoms with Crippen molar-refractivity contribution in [2.75, 3.05) is 7.05 Å². The molecule has 0 saturated carbocycles. The molecule has 0 amide bonds. The fourth-order valence-corrected chi connectivity index (χ4v) is 5.42. The first-order valence-electron chi connectivity index (χ1n) is 7.75. The van der Waals surface area contributed by atoms with E-state index in [2.05, 4.69) is 4.98 Å². The lowest BCUT2D eigenvalue weighted by Crippen LogP contribution is -2.34. The third-order valence-electron chi connectivity index (χ3n) is 4.13. The number of thiophene rings is 1. The Bertz CT molecular complexity index is 1070. The van der Waals surface area contributed by atoms with Crippen LogP contribution in [-0.2, 0) is 17.1 Å². The molecule has 142 valence electrons. The number of carbonyl (C=O) groups is 1. The van der Waals surface area contributed by atoms with Crippen molar-refractivity contribution >= 4 is 38.9 Å². The summed E-state index contributed by atoms with van der Waals surface area (Å²) in [5.74, 6) is -0.785. The molecule has 7 nitrogen and oxygen atoms in total. The molecule has 3 rings (SSSR count). The van der Waals surface area contributed by atoms with Gasteiger partial charge in [0.25, 0.3) is 0 Å². The van der Waals surface area contributed by atoms with Crippen LogP contribution in [-0.4, -0.2) is 40.4 Å². The molecule has 0 saturated heterocycles. The van der Waals surface area contributed by atoms with Crippen molar-refractivity contribution in [3.8, 4) is 0 Å². The highest BCUT2D eigenvalue weighted by atomic mass is 35.5. The van der Waals surface area contributed by atoms with E-state index in [0.717, 1.165) is 15.6 Å². The van der Waals surface area contributed by atoms with E-state index < -0.39 is 22.0 Å². The Morgan fingerprint density at radius 1 is 1.30 bits per heavy atom. The van der Waals surface area contributed by atoms with Crippen LogP contribution >= 0.6 is 22.9 Å². The maximum atomic E-state index is 13.2. The number of aryl methyl sites for hydroxylation is 1. The van der Waals surface area contributed by atoms with Gasteiger partial charge in [0.15, 0.2) is 0 Å². The summed E-state index contributed by atoms with van der Waals surface area (Å²) in [5, 5.41) is 11.3. The molecule has 1 atom stereocenters. The number of imidazole rings is 1. The molecule has 1 N–H and O–H groups in total. The monoisotopic (exact) mass is 425 g/mol. The Morgan fingerprint density at radius 2 is 1.96 bits per heavy atom. The fourth-order valence-electron chi connectivity index (χ4n) is 2.76. The van der Waals surface area contributed by atoms with Gasteiger partial charge in [0.1, 0.15) is 21.6 Å². The maximum absolute atomic E-state index is 13.2. The first-order chi connectivity index (χ1) is 12.7. The number of aromatic carboxylic acids is 1. The Hall–Kier alpha value is -2.20. The largest absolute Gasteiger partial charge is 0.477 e. The molecule has 0 aliphatic rings. The molecule has 0 aliphatic carbocycles. The van der Waals surface area contributed by atoms with Gasteiger partial charge in [0.05, 0.1) is 0 Å². The Kier molecular flexibility index (Phi) is 5.38.